The first kappa shape index (κ1) is 24.8. The summed E-state index contributed by atoms with van der Waals surface area (Å²) >= 11 is 11.7. The van der Waals surface area contributed by atoms with Gasteiger partial charge in [-0.3, -0.25) is 14.4 Å². The lowest BCUT2D eigenvalue weighted by Gasteiger charge is -2.35. The number of fused-ring (bicyclic) bond motifs is 1. The van der Waals surface area contributed by atoms with E-state index in [1.807, 2.05) is 26.0 Å². The second-order valence-corrected chi connectivity index (χ2v) is 12.1. The zero-order valence-electron chi connectivity index (χ0n) is 18.6. The molecule has 10 heteroatoms. The van der Waals surface area contributed by atoms with Gasteiger partial charge in [-0.15, -0.1) is 11.8 Å². The molecule has 0 aliphatic carbocycles. The van der Waals surface area contributed by atoms with Crippen molar-refractivity contribution in [3.05, 3.63) is 28.8 Å². The fraction of sp³-hybridized carbons (Fsp3) is 0.609. The Morgan fingerprint density at radius 1 is 1.36 bits per heavy atom. The molecular formula is C23H29BrClN3O4S. The summed E-state index contributed by atoms with van der Waals surface area (Å²) in [5.74, 6) is -1.67. The third kappa shape index (κ3) is 4.09. The van der Waals surface area contributed by atoms with E-state index in [-0.39, 0.29) is 41.0 Å². The third-order valence-corrected chi connectivity index (χ3v) is 10.5. The number of hydrogen-bond donors (Lipinski definition) is 3. The number of alkyl halides is 1. The molecule has 3 heterocycles. The van der Waals surface area contributed by atoms with Gasteiger partial charge in [0, 0.05) is 29.8 Å². The highest BCUT2D eigenvalue weighted by atomic mass is 79.9. The number of carbonyl (C=O) groups excluding carboxylic acids is 3. The lowest BCUT2D eigenvalue weighted by Crippen LogP contribution is -2.53. The topological polar surface area (TPSA) is 98.7 Å². The fourth-order valence-electron chi connectivity index (χ4n) is 5.56. The second-order valence-electron chi connectivity index (χ2n) is 8.98. The predicted molar refractivity (Wildman–Crippen MR) is 134 cm³/mol. The average molecular weight is 559 g/mol. The van der Waals surface area contributed by atoms with Crippen molar-refractivity contribution in [1.29, 1.82) is 0 Å². The Bertz CT molecular complexity index is 945. The first-order chi connectivity index (χ1) is 15.8. The van der Waals surface area contributed by atoms with Crippen molar-refractivity contribution in [3.8, 4) is 0 Å². The number of likely N-dealkylation sites (tertiary alicyclic amines) is 1. The molecule has 3 unspecified atom stereocenters. The molecule has 3 fully saturated rings. The molecule has 2 bridgehead atoms. The third-order valence-electron chi connectivity index (χ3n) is 6.92. The largest absolute Gasteiger partial charge is 0.396 e. The van der Waals surface area contributed by atoms with Gasteiger partial charge in [-0.05, 0) is 37.8 Å². The van der Waals surface area contributed by atoms with E-state index in [0.717, 1.165) is 12.0 Å². The SMILES string of the molecule is CCCNC(=O)[C@H]1[C@H]2C(=O)N(CCCO)C(C(=O)Nc3c(C)cccc3Cl)C23CC(Br)[C@@H]1S3. The second kappa shape index (κ2) is 9.76. The number of amides is 3. The molecule has 180 valence electrons. The number of para-hydroxylation sites is 1. The van der Waals surface area contributed by atoms with Gasteiger partial charge in [0.2, 0.25) is 17.7 Å². The summed E-state index contributed by atoms with van der Waals surface area (Å²) in [5.41, 5.74) is 1.36. The average Bonchev–Trinajstić information content (AvgIpc) is 3.36. The van der Waals surface area contributed by atoms with Crippen LogP contribution in [0.1, 0.15) is 31.7 Å². The Morgan fingerprint density at radius 3 is 2.79 bits per heavy atom. The van der Waals surface area contributed by atoms with Crippen LogP contribution >= 0.6 is 39.3 Å². The number of aliphatic hydroxyl groups excluding tert-OH is 1. The first-order valence-electron chi connectivity index (χ1n) is 11.3. The minimum atomic E-state index is -0.753. The first-order valence-corrected chi connectivity index (χ1v) is 13.5. The molecule has 0 saturated carbocycles. The number of aryl methyl sites for hydroxylation is 1. The van der Waals surface area contributed by atoms with Gasteiger partial charge in [-0.1, -0.05) is 46.6 Å². The maximum Gasteiger partial charge on any atom is 0.248 e. The van der Waals surface area contributed by atoms with Crippen LogP contribution < -0.4 is 10.6 Å². The Morgan fingerprint density at radius 2 is 2.12 bits per heavy atom. The molecule has 33 heavy (non-hydrogen) atoms. The molecule has 3 aliphatic heterocycles. The normalized spacial score (nSPS) is 32.2. The fourth-order valence-corrected chi connectivity index (χ4v) is 9.44. The Labute approximate surface area is 211 Å². The van der Waals surface area contributed by atoms with E-state index in [0.29, 0.717) is 30.1 Å². The molecule has 3 saturated heterocycles. The van der Waals surface area contributed by atoms with E-state index in [1.54, 1.807) is 22.7 Å². The lowest BCUT2D eigenvalue weighted by atomic mass is 9.70. The molecule has 6 atom stereocenters. The Kier molecular flexibility index (Phi) is 7.34. The van der Waals surface area contributed by atoms with Crippen molar-refractivity contribution >= 4 is 62.7 Å². The van der Waals surface area contributed by atoms with Crippen molar-refractivity contribution in [2.24, 2.45) is 11.8 Å². The molecule has 4 rings (SSSR count). The van der Waals surface area contributed by atoms with Gasteiger partial charge in [0.15, 0.2) is 0 Å². The standard InChI is InChI=1S/C23H29BrClN3O4S/c1-3-8-26-20(30)15-16-22(32)28(9-5-10-29)19(23(16)11-13(24)18(15)33-23)21(31)27-17-12(2)6-4-7-14(17)25/h4,6-7,13,15-16,18-19,29H,3,5,8-11H2,1-2H3,(H,26,30)(H,27,31)/t13?,15-,16-,18-,19?,23?/m0/s1. The summed E-state index contributed by atoms with van der Waals surface area (Å²) in [4.78, 5) is 42.2. The molecule has 3 amide bonds. The number of carbonyl (C=O) groups is 3. The van der Waals surface area contributed by atoms with Crippen molar-refractivity contribution in [2.45, 2.75) is 54.0 Å². The number of halogens is 2. The molecule has 1 spiro atoms. The number of aliphatic hydroxyl groups is 1. The quantitative estimate of drug-likeness (QED) is 0.426. The molecule has 0 aromatic heterocycles. The van der Waals surface area contributed by atoms with Gasteiger partial charge < -0.3 is 20.6 Å². The van der Waals surface area contributed by atoms with Crippen molar-refractivity contribution < 1.29 is 19.5 Å². The molecule has 3 N–H and O–H groups in total. The highest BCUT2D eigenvalue weighted by Gasteiger charge is 2.75. The number of hydrogen-bond acceptors (Lipinski definition) is 5. The molecule has 1 aromatic carbocycles. The van der Waals surface area contributed by atoms with E-state index >= 15 is 0 Å². The van der Waals surface area contributed by atoms with Crippen molar-refractivity contribution in [3.63, 3.8) is 0 Å². The summed E-state index contributed by atoms with van der Waals surface area (Å²) in [7, 11) is 0. The number of rotatable bonds is 8. The maximum atomic E-state index is 13.8. The van der Waals surface area contributed by atoms with E-state index in [9.17, 15) is 19.5 Å². The number of nitrogens with one attached hydrogen (secondary N) is 2. The van der Waals surface area contributed by atoms with Crippen LogP contribution in [0, 0.1) is 18.8 Å². The van der Waals surface area contributed by atoms with Gasteiger partial charge in [-0.25, -0.2) is 0 Å². The summed E-state index contributed by atoms with van der Waals surface area (Å²) in [6, 6.07) is 4.64. The lowest BCUT2D eigenvalue weighted by molar-refractivity contribution is -0.139. The summed E-state index contributed by atoms with van der Waals surface area (Å²) in [6.07, 6.45) is 1.79. The van der Waals surface area contributed by atoms with Gasteiger partial charge >= 0.3 is 0 Å². The van der Waals surface area contributed by atoms with Gasteiger partial charge in [0.05, 0.1) is 27.3 Å². The summed E-state index contributed by atoms with van der Waals surface area (Å²) in [6.45, 7) is 4.58. The van der Waals surface area contributed by atoms with Crippen LogP contribution in [-0.4, -0.2) is 68.3 Å². The highest BCUT2D eigenvalue weighted by Crippen LogP contribution is 2.67. The van der Waals surface area contributed by atoms with E-state index in [2.05, 4.69) is 26.6 Å². The minimum Gasteiger partial charge on any atom is -0.396 e. The number of thioether (sulfide) groups is 1. The summed E-state index contributed by atoms with van der Waals surface area (Å²) in [5, 5.41) is 15.7. The zero-order valence-corrected chi connectivity index (χ0v) is 21.8. The van der Waals surface area contributed by atoms with Crippen LogP contribution in [0.3, 0.4) is 0 Å². The van der Waals surface area contributed by atoms with Gasteiger partial charge in [0.1, 0.15) is 6.04 Å². The summed E-state index contributed by atoms with van der Waals surface area (Å²) < 4.78 is -0.709. The smallest absolute Gasteiger partial charge is 0.248 e. The minimum absolute atomic E-state index is 0.0269. The van der Waals surface area contributed by atoms with E-state index in [4.69, 9.17) is 11.6 Å². The molecule has 7 nitrogen and oxygen atoms in total. The maximum absolute atomic E-state index is 13.8. The molecule has 1 aromatic rings. The monoisotopic (exact) mass is 557 g/mol. The molecule has 3 aliphatic rings. The Hall–Kier alpha value is -1.29. The number of anilines is 1. The molecular weight excluding hydrogens is 530 g/mol. The van der Waals surface area contributed by atoms with E-state index in [1.165, 1.54) is 0 Å². The van der Waals surface area contributed by atoms with Crippen LogP contribution in [-0.2, 0) is 14.4 Å². The van der Waals surface area contributed by atoms with Crippen LogP contribution in [0.4, 0.5) is 5.69 Å². The molecule has 0 radical (unpaired) electrons. The highest BCUT2D eigenvalue weighted by molar-refractivity contribution is 9.09. The van der Waals surface area contributed by atoms with Crippen LogP contribution in [0.15, 0.2) is 18.2 Å². The van der Waals surface area contributed by atoms with Gasteiger partial charge in [-0.2, -0.15) is 0 Å². The van der Waals surface area contributed by atoms with Crippen molar-refractivity contribution in [2.75, 3.05) is 25.0 Å². The number of nitrogens with zero attached hydrogens (tertiary/aromatic N) is 1. The van der Waals surface area contributed by atoms with E-state index < -0.39 is 22.6 Å². The van der Waals surface area contributed by atoms with Crippen LogP contribution in [0.5, 0.6) is 0 Å². The van der Waals surface area contributed by atoms with Crippen LogP contribution in [0.2, 0.25) is 5.02 Å². The Balaban J connectivity index is 1.71. The zero-order chi connectivity index (χ0) is 23.9. The predicted octanol–water partition coefficient (Wildman–Crippen LogP) is 2.96. The van der Waals surface area contributed by atoms with Crippen molar-refractivity contribution in [1.82, 2.24) is 10.2 Å². The van der Waals surface area contributed by atoms with Gasteiger partial charge in [0.25, 0.3) is 0 Å². The van der Waals surface area contributed by atoms with Crippen LogP contribution in [0.25, 0.3) is 0 Å². The number of benzene rings is 1.